The summed E-state index contributed by atoms with van der Waals surface area (Å²) >= 11 is 0. The lowest BCUT2D eigenvalue weighted by Gasteiger charge is -2.33. The van der Waals surface area contributed by atoms with Gasteiger partial charge in [0.1, 0.15) is 0 Å². The minimum atomic E-state index is -0.370. The third-order valence-electron chi connectivity index (χ3n) is 4.34. The van der Waals surface area contributed by atoms with E-state index in [1.54, 1.807) is 0 Å². The lowest BCUT2D eigenvalue weighted by Crippen LogP contribution is -2.31. The number of aliphatic hydroxyl groups is 1. The van der Waals surface area contributed by atoms with Crippen LogP contribution in [0.15, 0.2) is 60.7 Å². The maximum absolute atomic E-state index is 12.2. The molecule has 120 valence electrons. The van der Waals surface area contributed by atoms with Crippen LogP contribution in [0.5, 0.6) is 0 Å². The van der Waals surface area contributed by atoms with Crippen molar-refractivity contribution >= 4 is 5.78 Å². The monoisotopic (exact) mass is 310 g/mol. The highest BCUT2D eigenvalue weighted by Crippen LogP contribution is 2.33. The van der Waals surface area contributed by atoms with Gasteiger partial charge < -0.3 is 9.84 Å². The molecular weight excluding hydrogens is 288 g/mol. The van der Waals surface area contributed by atoms with Crippen molar-refractivity contribution in [2.75, 3.05) is 0 Å². The molecule has 1 N–H and O–H groups in total. The van der Waals surface area contributed by atoms with Crippen LogP contribution < -0.4 is 0 Å². The highest BCUT2D eigenvalue weighted by Gasteiger charge is 2.29. The molecule has 1 aliphatic heterocycles. The van der Waals surface area contributed by atoms with Gasteiger partial charge in [-0.15, -0.1) is 0 Å². The molecule has 3 rings (SSSR count). The average molecular weight is 310 g/mol. The van der Waals surface area contributed by atoms with Gasteiger partial charge in [0.2, 0.25) is 0 Å². The van der Waals surface area contributed by atoms with Crippen LogP contribution in [0.3, 0.4) is 0 Å². The van der Waals surface area contributed by atoms with Crippen molar-refractivity contribution in [1.29, 1.82) is 0 Å². The Bertz CT molecular complexity index is 624. The maximum atomic E-state index is 12.2. The van der Waals surface area contributed by atoms with Crippen molar-refractivity contribution in [3.63, 3.8) is 0 Å². The van der Waals surface area contributed by atoms with Crippen molar-refractivity contribution in [2.24, 2.45) is 0 Å². The van der Waals surface area contributed by atoms with E-state index in [4.69, 9.17) is 4.74 Å². The van der Waals surface area contributed by atoms with E-state index in [1.165, 1.54) is 0 Å². The van der Waals surface area contributed by atoms with E-state index in [0.29, 0.717) is 25.7 Å². The van der Waals surface area contributed by atoms with Gasteiger partial charge in [0, 0.05) is 18.4 Å². The number of ketones is 1. The summed E-state index contributed by atoms with van der Waals surface area (Å²) in [6, 6.07) is 19.3. The van der Waals surface area contributed by atoms with E-state index in [-0.39, 0.29) is 24.1 Å². The molecule has 2 aromatic rings. The molecule has 1 saturated heterocycles. The fraction of sp³-hybridized carbons (Fsp3) is 0.350. The number of hydrogen-bond donors (Lipinski definition) is 1. The van der Waals surface area contributed by atoms with Crippen LogP contribution in [0.1, 0.15) is 47.7 Å². The first-order valence-corrected chi connectivity index (χ1v) is 8.19. The third-order valence-corrected chi connectivity index (χ3v) is 4.34. The predicted octanol–water partition coefficient (Wildman–Crippen LogP) is 3.93. The van der Waals surface area contributed by atoms with Gasteiger partial charge in [-0.25, -0.2) is 0 Å². The summed E-state index contributed by atoms with van der Waals surface area (Å²) in [7, 11) is 0. The Morgan fingerprint density at radius 2 is 1.65 bits per heavy atom. The number of rotatable bonds is 5. The summed E-state index contributed by atoms with van der Waals surface area (Å²) in [6.07, 6.45) is 1.79. The van der Waals surface area contributed by atoms with E-state index in [9.17, 15) is 9.90 Å². The van der Waals surface area contributed by atoms with Gasteiger partial charge in [-0.1, -0.05) is 60.7 Å². The highest BCUT2D eigenvalue weighted by molar-refractivity contribution is 5.95. The second-order valence-corrected chi connectivity index (χ2v) is 6.11. The average Bonchev–Trinajstić information content (AvgIpc) is 2.61. The Labute approximate surface area is 136 Å². The van der Waals surface area contributed by atoms with Crippen LogP contribution in [0.4, 0.5) is 0 Å². The highest BCUT2D eigenvalue weighted by atomic mass is 16.5. The molecule has 0 bridgehead atoms. The Hall–Kier alpha value is -1.97. The lowest BCUT2D eigenvalue weighted by atomic mass is 9.93. The van der Waals surface area contributed by atoms with Gasteiger partial charge in [-0.3, -0.25) is 4.79 Å². The van der Waals surface area contributed by atoms with Crippen LogP contribution in [-0.2, 0) is 4.74 Å². The summed E-state index contributed by atoms with van der Waals surface area (Å²) in [5.74, 6) is 0.130. The number of Topliss-reactive ketones (excluding diaryl/α,β-unsaturated/α-hetero) is 1. The summed E-state index contributed by atoms with van der Waals surface area (Å²) in [6.45, 7) is 0. The van der Waals surface area contributed by atoms with E-state index in [0.717, 1.165) is 11.1 Å². The topological polar surface area (TPSA) is 46.5 Å². The van der Waals surface area contributed by atoms with Crippen molar-refractivity contribution in [3.05, 3.63) is 71.8 Å². The smallest absolute Gasteiger partial charge is 0.162 e. The number of benzene rings is 2. The normalized spacial score (nSPS) is 24.3. The van der Waals surface area contributed by atoms with Gasteiger partial charge in [-0.05, 0) is 18.4 Å². The molecule has 0 aliphatic carbocycles. The van der Waals surface area contributed by atoms with Crippen LogP contribution in [-0.4, -0.2) is 23.1 Å². The minimum Gasteiger partial charge on any atom is -0.393 e. The Morgan fingerprint density at radius 1 is 1.00 bits per heavy atom. The summed E-state index contributed by atoms with van der Waals surface area (Å²) < 4.78 is 6.12. The van der Waals surface area contributed by atoms with Gasteiger partial charge in [-0.2, -0.15) is 0 Å². The molecule has 0 saturated carbocycles. The van der Waals surface area contributed by atoms with Gasteiger partial charge in [0.15, 0.2) is 5.78 Å². The molecule has 3 heteroatoms. The molecule has 0 aromatic heterocycles. The molecule has 0 radical (unpaired) electrons. The second-order valence-electron chi connectivity index (χ2n) is 6.11. The summed E-state index contributed by atoms with van der Waals surface area (Å²) in [4.78, 5) is 12.2. The van der Waals surface area contributed by atoms with E-state index in [2.05, 4.69) is 0 Å². The third kappa shape index (κ3) is 4.27. The number of carbonyl (C=O) groups is 1. The predicted molar refractivity (Wildman–Crippen MR) is 89.3 cm³/mol. The molecule has 0 spiro atoms. The zero-order chi connectivity index (χ0) is 16.1. The van der Waals surface area contributed by atoms with Crippen molar-refractivity contribution in [2.45, 2.75) is 44.0 Å². The molecule has 0 unspecified atom stereocenters. The fourth-order valence-electron chi connectivity index (χ4n) is 3.12. The van der Waals surface area contributed by atoms with Crippen molar-refractivity contribution in [1.82, 2.24) is 0 Å². The maximum Gasteiger partial charge on any atom is 0.162 e. The quantitative estimate of drug-likeness (QED) is 0.851. The molecule has 2 aromatic carbocycles. The van der Waals surface area contributed by atoms with Crippen molar-refractivity contribution < 1.29 is 14.6 Å². The Morgan fingerprint density at radius 3 is 2.35 bits per heavy atom. The first-order valence-electron chi connectivity index (χ1n) is 8.19. The number of hydrogen-bond acceptors (Lipinski definition) is 3. The molecular formula is C20H22O3. The standard InChI is InChI=1S/C20H22O3/c21-17-13-18(11-12-19(22)15-7-3-1-4-8-15)23-20(14-17)16-9-5-2-6-10-16/h1-10,17-18,20-21H,11-14H2/t17-,18+,20+/m1/s1. The number of carbonyl (C=O) groups excluding carboxylic acids is 1. The van der Waals surface area contributed by atoms with E-state index < -0.39 is 0 Å². The van der Waals surface area contributed by atoms with E-state index >= 15 is 0 Å². The van der Waals surface area contributed by atoms with Gasteiger partial charge in [0.25, 0.3) is 0 Å². The SMILES string of the molecule is O=C(CC[C@H]1C[C@@H](O)C[C@@H](c2ccccc2)O1)c1ccccc1. The Kier molecular flexibility index (Phi) is 5.21. The van der Waals surface area contributed by atoms with Crippen LogP contribution in [0.2, 0.25) is 0 Å². The van der Waals surface area contributed by atoms with E-state index in [1.807, 2.05) is 60.7 Å². The molecule has 1 heterocycles. The molecule has 3 nitrogen and oxygen atoms in total. The van der Waals surface area contributed by atoms with Crippen LogP contribution >= 0.6 is 0 Å². The summed E-state index contributed by atoms with van der Waals surface area (Å²) in [5.41, 5.74) is 1.83. The van der Waals surface area contributed by atoms with Crippen molar-refractivity contribution in [3.8, 4) is 0 Å². The zero-order valence-corrected chi connectivity index (χ0v) is 13.1. The molecule has 1 fully saturated rings. The molecule has 23 heavy (non-hydrogen) atoms. The minimum absolute atomic E-state index is 0.0726. The van der Waals surface area contributed by atoms with Gasteiger partial charge >= 0.3 is 0 Å². The lowest BCUT2D eigenvalue weighted by molar-refractivity contribution is -0.0997. The number of ether oxygens (including phenoxy) is 1. The second kappa shape index (κ2) is 7.53. The fourth-order valence-corrected chi connectivity index (χ4v) is 3.12. The van der Waals surface area contributed by atoms with Crippen LogP contribution in [0, 0.1) is 0 Å². The zero-order valence-electron chi connectivity index (χ0n) is 13.1. The first-order chi connectivity index (χ1) is 11.2. The molecule has 3 atom stereocenters. The Balaban J connectivity index is 1.58. The number of aliphatic hydroxyl groups excluding tert-OH is 1. The molecule has 0 amide bonds. The van der Waals surface area contributed by atoms with Crippen LogP contribution in [0.25, 0.3) is 0 Å². The largest absolute Gasteiger partial charge is 0.393 e. The van der Waals surface area contributed by atoms with Gasteiger partial charge in [0.05, 0.1) is 18.3 Å². The first kappa shape index (κ1) is 15.9. The molecule has 1 aliphatic rings. The summed E-state index contributed by atoms with van der Waals surface area (Å²) in [5, 5.41) is 10.1.